The summed E-state index contributed by atoms with van der Waals surface area (Å²) >= 11 is 0. The molecule has 21 heavy (non-hydrogen) atoms. The topological polar surface area (TPSA) is 43.8 Å². The van der Waals surface area contributed by atoms with E-state index in [1.54, 1.807) is 0 Å². The largest absolute Gasteiger partial charge is 0.327 e. The molecule has 116 valence electrons. The molecule has 0 saturated heterocycles. The van der Waals surface area contributed by atoms with Crippen LogP contribution in [-0.2, 0) is 5.54 Å². The Kier molecular flexibility index (Phi) is 2.71. The van der Waals surface area contributed by atoms with Crippen LogP contribution in [0.1, 0.15) is 77.5 Å². The minimum absolute atomic E-state index is 0.126. The average molecular weight is 287 g/mol. The Bertz CT molecular complexity index is 543. The van der Waals surface area contributed by atoms with Crippen molar-refractivity contribution in [1.29, 1.82) is 0 Å². The molecule has 4 bridgehead atoms. The van der Waals surface area contributed by atoms with Gasteiger partial charge in [-0.3, -0.25) is 0 Å². The maximum Gasteiger partial charge on any atom is 0.0953 e. The van der Waals surface area contributed by atoms with Gasteiger partial charge in [0, 0.05) is 17.8 Å². The van der Waals surface area contributed by atoms with Crippen molar-refractivity contribution >= 4 is 0 Å². The average Bonchev–Trinajstić information content (AvgIpc) is 2.83. The Hall–Kier alpha value is -0.830. The molecule has 2 unspecified atom stereocenters. The molecule has 4 saturated carbocycles. The number of hydrogen-bond acceptors (Lipinski definition) is 2. The molecule has 3 nitrogen and oxygen atoms in total. The van der Waals surface area contributed by atoms with Crippen molar-refractivity contribution in [3.63, 3.8) is 0 Å². The third-order valence-corrected chi connectivity index (χ3v) is 6.59. The van der Waals surface area contributed by atoms with Crippen LogP contribution < -0.4 is 5.73 Å². The zero-order valence-electron chi connectivity index (χ0n) is 13.7. The van der Waals surface area contributed by atoms with E-state index in [0.717, 1.165) is 12.3 Å². The molecule has 1 aromatic rings. The molecule has 0 radical (unpaired) electrons. The van der Waals surface area contributed by atoms with Crippen LogP contribution in [0.25, 0.3) is 0 Å². The first-order chi connectivity index (χ1) is 9.87. The van der Waals surface area contributed by atoms with Crippen LogP contribution in [0.3, 0.4) is 0 Å². The number of nitrogens with zero attached hydrogens (tertiary/aromatic N) is 2. The fourth-order valence-electron chi connectivity index (χ4n) is 6.84. The van der Waals surface area contributed by atoms with Gasteiger partial charge in [0.25, 0.3) is 0 Å². The summed E-state index contributed by atoms with van der Waals surface area (Å²) in [5.74, 6) is 0.907. The van der Waals surface area contributed by atoms with Crippen molar-refractivity contribution in [2.45, 2.75) is 77.3 Å². The van der Waals surface area contributed by atoms with Crippen LogP contribution in [0.4, 0.5) is 0 Å². The molecule has 2 N–H and O–H groups in total. The van der Waals surface area contributed by atoms with Crippen LogP contribution in [0.5, 0.6) is 0 Å². The number of aromatic nitrogens is 2. The number of nitrogens with two attached hydrogens (primary N) is 1. The van der Waals surface area contributed by atoms with E-state index in [-0.39, 0.29) is 6.04 Å². The zero-order valence-corrected chi connectivity index (χ0v) is 13.7. The maximum atomic E-state index is 6.36. The van der Waals surface area contributed by atoms with Gasteiger partial charge in [0.15, 0.2) is 0 Å². The van der Waals surface area contributed by atoms with E-state index >= 15 is 0 Å². The summed E-state index contributed by atoms with van der Waals surface area (Å²) in [4.78, 5) is 4.48. The molecular weight excluding hydrogens is 258 g/mol. The summed E-state index contributed by atoms with van der Waals surface area (Å²) < 4.78 is 2.50. The monoisotopic (exact) mass is 287 g/mol. The highest BCUT2D eigenvalue weighted by atomic mass is 15.1. The highest BCUT2D eigenvalue weighted by Gasteiger charge is 2.61. The highest BCUT2D eigenvalue weighted by Crippen LogP contribution is 2.68. The van der Waals surface area contributed by atoms with Crippen molar-refractivity contribution in [2.24, 2.45) is 22.5 Å². The van der Waals surface area contributed by atoms with Crippen LogP contribution >= 0.6 is 0 Å². The lowest BCUT2D eigenvalue weighted by atomic mass is 9.42. The van der Waals surface area contributed by atoms with Crippen LogP contribution in [0.15, 0.2) is 12.5 Å². The molecule has 4 aliphatic rings. The first-order valence-electron chi connectivity index (χ1n) is 8.65. The summed E-state index contributed by atoms with van der Waals surface area (Å²) in [6.45, 7) is 7.23. The zero-order chi connectivity index (χ0) is 14.9. The molecule has 3 heteroatoms. The van der Waals surface area contributed by atoms with E-state index in [1.807, 2.05) is 6.20 Å². The Balaban J connectivity index is 1.80. The van der Waals surface area contributed by atoms with E-state index in [9.17, 15) is 0 Å². The summed E-state index contributed by atoms with van der Waals surface area (Å²) in [5, 5.41) is 0. The van der Waals surface area contributed by atoms with E-state index in [0.29, 0.717) is 16.4 Å². The lowest BCUT2D eigenvalue weighted by Gasteiger charge is -2.65. The molecule has 0 aromatic carbocycles. The smallest absolute Gasteiger partial charge is 0.0953 e. The molecule has 0 amide bonds. The van der Waals surface area contributed by atoms with Crippen LogP contribution in [-0.4, -0.2) is 9.55 Å². The van der Waals surface area contributed by atoms with Gasteiger partial charge in [-0.25, -0.2) is 4.98 Å². The van der Waals surface area contributed by atoms with Gasteiger partial charge in [-0.1, -0.05) is 20.8 Å². The van der Waals surface area contributed by atoms with Crippen molar-refractivity contribution in [2.75, 3.05) is 0 Å². The highest BCUT2D eigenvalue weighted by molar-refractivity contribution is 5.18. The second-order valence-electron chi connectivity index (χ2n) is 9.06. The van der Waals surface area contributed by atoms with Gasteiger partial charge in [0.1, 0.15) is 0 Å². The van der Waals surface area contributed by atoms with Gasteiger partial charge < -0.3 is 10.3 Å². The predicted octanol–water partition coefficient (Wildman–Crippen LogP) is 4.00. The molecule has 0 spiro atoms. The first kappa shape index (κ1) is 13.8. The lowest BCUT2D eigenvalue weighted by molar-refractivity contribution is -0.136. The van der Waals surface area contributed by atoms with E-state index in [4.69, 9.17) is 5.73 Å². The Morgan fingerprint density at radius 3 is 2.48 bits per heavy atom. The van der Waals surface area contributed by atoms with Crippen molar-refractivity contribution in [3.05, 3.63) is 18.2 Å². The number of imidazole rings is 1. The first-order valence-corrected chi connectivity index (χ1v) is 8.65. The predicted molar refractivity (Wildman–Crippen MR) is 84.8 cm³/mol. The van der Waals surface area contributed by atoms with Crippen LogP contribution in [0, 0.1) is 16.7 Å². The summed E-state index contributed by atoms with van der Waals surface area (Å²) in [7, 11) is 0. The van der Waals surface area contributed by atoms with Gasteiger partial charge >= 0.3 is 0 Å². The summed E-state index contributed by atoms with van der Waals surface area (Å²) in [6.07, 6.45) is 13.4. The lowest BCUT2D eigenvalue weighted by Crippen LogP contribution is -2.59. The van der Waals surface area contributed by atoms with Gasteiger partial charge in [-0.15, -0.1) is 0 Å². The number of rotatable bonds is 3. The van der Waals surface area contributed by atoms with Gasteiger partial charge in [-0.05, 0) is 61.7 Å². The van der Waals surface area contributed by atoms with E-state index < -0.39 is 0 Å². The quantitative estimate of drug-likeness (QED) is 0.913. The van der Waals surface area contributed by atoms with E-state index in [1.165, 1.54) is 44.2 Å². The molecule has 5 rings (SSSR count). The fourth-order valence-corrected chi connectivity index (χ4v) is 6.84. The molecule has 1 heterocycles. The third kappa shape index (κ3) is 1.93. The molecule has 4 aliphatic carbocycles. The van der Waals surface area contributed by atoms with Gasteiger partial charge in [0.05, 0.1) is 12.0 Å². The van der Waals surface area contributed by atoms with Gasteiger partial charge in [0.2, 0.25) is 0 Å². The SMILES string of the molecule is CC[C@@H](N)c1cncn1C12CC3CC(C)(CC(C)(C3)C1)C2. The molecule has 3 atom stereocenters. The van der Waals surface area contributed by atoms with Gasteiger partial charge in [-0.2, -0.15) is 0 Å². The molecule has 1 aromatic heterocycles. The summed E-state index contributed by atoms with van der Waals surface area (Å²) in [6, 6.07) is 0.126. The second-order valence-corrected chi connectivity index (χ2v) is 9.06. The molecular formula is C18H29N3. The summed E-state index contributed by atoms with van der Waals surface area (Å²) in [5.41, 5.74) is 8.98. The Morgan fingerprint density at radius 1 is 1.24 bits per heavy atom. The van der Waals surface area contributed by atoms with Crippen molar-refractivity contribution in [1.82, 2.24) is 9.55 Å². The van der Waals surface area contributed by atoms with Crippen molar-refractivity contribution < 1.29 is 0 Å². The maximum absolute atomic E-state index is 6.36. The minimum Gasteiger partial charge on any atom is -0.327 e. The van der Waals surface area contributed by atoms with E-state index in [2.05, 4.69) is 36.6 Å². The normalized spacial score (nSPS) is 46.0. The molecule has 4 fully saturated rings. The second kappa shape index (κ2) is 4.13. The van der Waals surface area contributed by atoms with Crippen molar-refractivity contribution in [3.8, 4) is 0 Å². The minimum atomic E-state index is 0.126. The standard InChI is InChI=1S/C18H29N3/c1-4-14(19)15-8-20-12-21(15)18-7-13-5-16(2,10-18)9-17(3,6-13)11-18/h8,12-14H,4-7,9-11,19H2,1-3H3/t13?,14-,16?,17?,18?/m1/s1. The Labute approximate surface area is 128 Å². The fraction of sp³-hybridized carbons (Fsp3) is 0.833. The molecule has 0 aliphatic heterocycles. The van der Waals surface area contributed by atoms with Crippen LogP contribution in [0.2, 0.25) is 0 Å². The third-order valence-electron chi connectivity index (χ3n) is 6.59. The number of hydrogen-bond donors (Lipinski definition) is 1. The Morgan fingerprint density at radius 2 is 1.90 bits per heavy atom.